The number of hydrogen-bond donors (Lipinski definition) is 2. The van der Waals surface area contributed by atoms with Gasteiger partial charge in [0.1, 0.15) is 17.7 Å². The van der Waals surface area contributed by atoms with E-state index in [0.29, 0.717) is 31.6 Å². The molecule has 8 nitrogen and oxygen atoms in total. The number of pyridine rings is 1. The highest BCUT2D eigenvalue weighted by Crippen LogP contribution is 2.31. The fourth-order valence-electron chi connectivity index (χ4n) is 5.40. The lowest BCUT2D eigenvalue weighted by atomic mass is 9.91. The molecule has 8 heteroatoms. The number of nitrogens with two attached hydrogens (primary N) is 1. The van der Waals surface area contributed by atoms with Crippen molar-refractivity contribution in [3.63, 3.8) is 0 Å². The maximum Gasteiger partial charge on any atom is 0.325 e. The molecule has 0 radical (unpaired) electrons. The maximum atomic E-state index is 13.0. The fourth-order valence-corrected chi connectivity index (χ4v) is 5.40. The van der Waals surface area contributed by atoms with Crippen LogP contribution < -0.4 is 15.8 Å². The zero-order chi connectivity index (χ0) is 22.5. The summed E-state index contributed by atoms with van der Waals surface area (Å²) in [5.41, 5.74) is 5.66. The number of ether oxygens (including phenoxy) is 1. The molecule has 2 saturated carbocycles. The molecule has 3 fully saturated rings. The molecule has 1 saturated heterocycles. The van der Waals surface area contributed by atoms with E-state index in [1.165, 1.54) is 43.4 Å². The van der Waals surface area contributed by atoms with E-state index in [4.69, 9.17) is 10.5 Å². The van der Waals surface area contributed by atoms with Crippen LogP contribution in [0.3, 0.4) is 0 Å². The van der Waals surface area contributed by atoms with Crippen LogP contribution in [-0.4, -0.2) is 45.9 Å². The third-order valence-electron chi connectivity index (χ3n) is 7.21. The zero-order valence-corrected chi connectivity index (χ0v) is 18.6. The molecule has 1 aliphatic heterocycles. The first-order chi connectivity index (χ1) is 15.5. The summed E-state index contributed by atoms with van der Waals surface area (Å²) in [5, 5.41) is 2.92. The van der Waals surface area contributed by atoms with Gasteiger partial charge in [0.2, 0.25) is 5.88 Å². The third-order valence-corrected chi connectivity index (χ3v) is 7.21. The molecule has 3 aliphatic rings. The highest BCUT2D eigenvalue weighted by Gasteiger charge is 2.43. The zero-order valence-electron chi connectivity index (χ0n) is 18.6. The topological polar surface area (TPSA) is 115 Å². The van der Waals surface area contributed by atoms with Crippen LogP contribution in [0.1, 0.15) is 87.4 Å². The Morgan fingerprint density at radius 3 is 2.47 bits per heavy atom. The molecular weight excluding hydrogens is 408 g/mol. The second-order valence-electron chi connectivity index (χ2n) is 9.41. The molecule has 0 bridgehead atoms. The van der Waals surface area contributed by atoms with Gasteiger partial charge in [0.25, 0.3) is 11.8 Å². The highest BCUT2D eigenvalue weighted by molar-refractivity contribution is 6.04. The summed E-state index contributed by atoms with van der Waals surface area (Å²) in [6.07, 6.45) is 13.6. The molecular formula is C24H34N4O4. The first-order valence-corrected chi connectivity index (χ1v) is 12.1. The van der Waals surface area contributed by atoms with Gasteiger partial charge >= 0.3 is 6.03 Å². The van der Waals surface area contributed by atoms with E-state index in [-0.39, 0.29) is 41.6 Å². The Morgan fingerprint density at radius 2 is 1.78 bits per heavy atom. The van der Waals surface area contributed by atoms with Crippen LogP contribution in [0.25, 0.3) is 0 Å². The molecule has 0 spiro atoms. The lowest BCUT2D eigenvalue weighted by Gasteiger charge is -2.33. The molecule has 1 atom stereocenters. The number of nitrogens with zero attached hydrogens (tertiary/aromatic N) is 2. The molecule has 32 heavy (non-hydrogen) atoms. The molecule has 4 rings (SSSR count). The number of aromatic nitrogens is 1. The van der Waals surface area contributed by atoms with Crippen molar-refractivity contribution in [2.45, 2.75) is 95.2 Å². The van der Waals surface area contributed by atoms with Gasteiger partial charge in [0.15, 0.2) is 0 Å². The van der Waals surface area contributed by atoms with Crippen molar-refractivity contribution in [2.75, 3.05) is 0 Å². The minimum absolute atomic E-state index is 0.0752. The Morgan fingerprint density at radius 1 is 1.06 bits per heavy atom. The monoisotopic (exact) mass is 442 g/mol. The summed E-state index contributed by atoms with van der Waals surface area (Å²) >= 11 is 0. The van der Waals surface area contributed by atoms with Crippen LogP contribution in [-0.2, 0) is 4.79 Å². The number of carbonyl (C=O) groups is 3. The van der Waals surface area contributed by atoms with Crippen LogP contribution in [0, 0.1) is 5.92 Å². The van der Waals surface area contributed by atoms with E-state index in [1.54, 1.807) is 18.3 Å². The van der Waals surface area contributed by atoms with Crippen molar-refractivity contribution in [3.05, 3.63) is 23.9 Å². The fraction of sp³-hybridized carbons (Fsp3) is 0.667. The predicted octanol–water partition coefficient (Wildman–Crippen LogP) is 3.54. The summed E-state index contributed by atoms with van der Waals surface area (Å²) in [4.78, 5) is 42.8. The van der Waals surface area contributed by atoms with E-state index in [9.17, 15) is 14.4 Å². The van der Waals surface area contributed by atoms with Crippen molar-refractivity contribution in [2.24, 2.45) is 11.7 Å². The van der Waals surface area contributed by atoms with E-state index >= 15 is 0 Å². The van der Waals surface area contributed by atoms with Gasteiger partial charge in [0.05, 0.1) is 0 Å². The number of amides is 4. The summed E-state index contributed by atoms with van der Waals surface area (Å²) < 4.78 is 5.93. The van der Waals surface area contributed by atoms with Crippen LogP contribution >= 0.6 is 0 Å². The Hall–Kier alpha value is -2.64. The first kappa shape index (κ1) is 22.6. The van der Waals surface area contributed by atoms with Gasteiger partial charge in [-0.15, -0.1) is 0 Å². The van der Waals surface area contributed by atoms with Crippen LogP contribution in [0.4, 0.5) is 4.79 Å². The first-order valence-electron chi connectivity index (χ1n) is 12.1. The molecule has 0 aromatic carbocycles. The van der Waals surface area contributed by atoms with Crippen LogP contribution in [0.15, 0.2) is 18.3 Å². The van der Waals surface area contributed by atoms with Crippen LogP contribution in [0.2, 0.25) is 0 Å². The number of nitrogens with one attached hydrogen (secondary N) is 1. The van der Waals surface area contributed by atoms with Crippen LogP contribution in [0.5, 0.6) is 5.88 Å². The van der Waals surface area contributed by atoms with E-state index < -0.39 is 5.91 Å². The quantitative estimate of drug-likeness (QED) is 0.495. The maximum absolute atomic E-state index is 13.0. The average molecular weight is 443 g/mol. The van der Waals surface area contributed by atoms with Crippen molar-refractivity contribution >= 4 is 17.8 Å². The average Bonchev–Trinajstić information content (AvgIpc) is 2.95. The number of urea groups is 1. The summed E-state index contributed by atoms with van der Waals surface area (Å²) in [6.45, 7) is 0. The molecule has 2 aliphatic carbocycles. The van der Waals surface area contributed by atoms with Gasteiger partial charge in [-0.2, -0.15) is 0 Å². The van der Waals surface area contributed by atoms with E-state index in [1.807, 2.05) is 0 Å². The van der Waals surface area contributed by atoms with Gasteiger partial charge in [-0.3, -0.25) is 14.5 Å². The Labute approximate surface area is 189 Å². The number of imide groups is 1. The van der Waals surface area contributed by atoms with Gasteiger partial charge in [-0.25, -0.2) is 9.78 Å². The van der Waals surface area contributed by atoms with Crippen molar-refractivity contribution < 1.29 is 19.1 Å². The van der Waals surface area contributed by atoms with Gasteiger partial charge < -0.3 is 15.8 Å². The minimum Gasteiger partial charge on any atom is -0.474 e. The largest absolute Gasteiger partial charge is 0.474 e. The molecule has 3 N–H and O–H groups in total. The smallest absolute Gasteiger partial charge is 0.325 e. The van der Waals surface area contributed by atoms with E-state index in [0.717, 1.165) is 12.8 Å². The summed E-state index contributed by atoms with van der Waals surface area (Å²) in [5.74, 6) is 0.280. The van der Waals surface area contributed by atoms with Gasteiger partial charge in [0, 0.05) is 12.2 Å². The second-order valence-corrected chi connectivity index (χ2v) is 9.41. The Kier molecular flexibility index (Phi) is 7.27. The number of hydrogen-bond acceptors (Lipinski definition) is 5. The molecule has 4 amide bonds. The third kappa shape index (κ3) is 5.22. The summed E-state index contributed by atoms with van der Waals surface area (Å²) in [7, 11) is 0. The van der Waals surface area contributed by atoms with Gasteiger partial charge in [-0.05, 0) is 56.6 Å². The normalized spacial score (nSPS) is 27.1. The molecule has 1 unspecified atom stereocenters. The molecule has 1 aromatic rings. The molecule has 174 valence electrons. The number of rotatable bonds is 7. The standard InChI is InChI=1S/C24H34N4O4/c25-21(29)19-8-5-15-26-22(19)32-18-12-10-17(11-13-18)28-23(30)20(27-24(28)31)14-9-16-6-3-1-2-4-7-16/h5,8,15-18,20H,1-4,6-7,9-14H2,(H2,25,29)(H,27,31)/t17-,18-,20?. The van der Waals surface area contributed by atoms with Crippen molar-refractivity contribution in [3.8, 4) is 5.88 Å². The lowest BCUT2D eigenvalue weighted by molar-refractivity contribution is -0.130. The molecule has 1 aromatic heterocycles. The molecule has 2 heterocycles. The highest BCUT2D eigenvalue weighted by atomic mass is 16.5. The summed E-state index contributed by atoms with van der Waals surface area (Å²) in [6, 6.07) is 2.49. The lowest BCUT2D eigenvalue weighted by Crippen LogP contribution is -2.44. The number of carbonyl (C=O) groups excluding carboxylic acids is 3. The van der Waals surface area contributed by atoms with Gasteiger partial charge in [-0.1, -0.05) is 38.5 Å². The van der Waals surface area contributed by atoms with Crippen molar-refractivity contribution in [1.82, 2.24) is 15.2 Å². The minimum atomic E-state index is -0.573. The van der Waals surface area contributed by atoms with E-state index in [2.05, 4.69) is 10.3 Å². The number of primary amides is 1. The predicted molar refractivity (Wildman–Crippen MR) is 119 cm³/mol. The Balaban J connectivity index is 1.28. The Bertz CT molecular complexity index is 829. The second kappa shape index (κ2) is 10.3. The van der Waals surface area contributed by atoms with Crippen molar-refractivity contribution in [1.29, 1.82) is 0 Å². The SMILES string of the molecule is NC(=O)c1cccnc1O[C@H]1CC[C@H](N2C(=O)NC(CCC3CCCCCC3)C2=O)CC1.